The van der Waals surface area contributed by atoms with E-state index in [2.05, 4.69) is 6.58 Å². The van der Waals surface area contributed by atoms with Crippen molar-refractivity contribution in [1.29, 1.82) is 0 Å². The van der Waals surface area contributed by atoms with Crippen LogP contribution in [0.15, 0.2) is 12.7 Å². The summed E-state index contributed by atoms with van der Waals surface area (Å²) >= 11 is 0. The highest BCUT2D eigenvalue weighted by molar-refractivity contribution is 7.89. The van der Waals surface area contributed by atoms with Crippen molar-refractivity contribution in [3.63, 3.8) is 0 Å². The van der Waals surface area contributed by atoms with Gasteiger partial charge in [-0.2, -0.15) is 4.31 Å². The molecule has 5 heteroatoms. The number of hydrogen-bond acceptors (Lipinski definition) is 3. The van der Waals surface area contributed by atoms with Crippen molar-refractivity contribution in [2.45, 2.75) is 18.9 Å². The summed E-state index contributed by atoms with van der Waals surface area (Å²) in [6, 6.07) is 0. The van der Waals surface area contributed by atoms with Crippen LogP contribution >= 0.6 is 0 Å². The molecule has 1 heterocycles. The zero-order chi connectivity index (χ0) is 10.1. The van der Waals surface area contributed by atoms with Gasteiger partial charge < -0.3 is 5.11 Å². The predicted molar refractivity (Wildman–Crippen MR) is 50.8 cm³/mol. The third kappa shape index (κ3) is 2.52. The van der Waals surface area contributed by atoms with E-state index in [4.69, 9.17) is 0 Å². The van der Waals surface area contributed by atoms with Gasteiger partial charge in [-0.1, -0.05) is 6.08 Å². The Morgan fingerprint density at radius 1 is 1.69 bits per heavy atom. The Morgan fingerprint density at radius 3 is 2.69 bits per heavy atom. The summed E-state index contributed by atoms with van der Waals surface area (Å²) in [5, 5.41) is 9.56. The highest BCUT2D eigenvalue weighted by Gasteiger charge is 2.36. The largest absolute Gasteiger partial charge is 0.389 e. The smallest absolute Gasteiger partial charge is 0.217 e. The number of β-amino-alcohol motifs (C(OH)–C–C–N with tert-alkyl or cyclic N) is 1. The number of hydrogen-bond donors (Lipinski definition) is 1. The second-order valence-electron chi connectivity index (χ2n) is 3.65. The van der Waals surface area contributed by atoms with Gasteiger partial charge in [0.1, 0.15) is 0 Å². The van der Waals surface area contributed by atoms with Crippen LogP contribution in [0, 0.1) is 0 Å². The lowest BCUT2D eigenvalue weighted by atomic mass is 10.1. The quantitative estimate of drug-likeness (QED) is 0.658. The standard InChI is InChI=1S/C8H15NO3S/c1-3-6-13(11,12)9-5-4-8(2,10)7-9/h3,10H,1,4-7H2,2H3. The van der Waals surface area contributed by atoms with Gasteiger partial charge in [0, 0.05) is 13.1 Å². The maximum absolute atomic E-state index is 11.5. The molecule has 1 aliphatic rings. The molecule has 1 unspecified atom stereocenters. The molecule has 13 heavy (non-hydrogen) atoms. The Morgan fingerprint density at radius 2 is 2.31 bits per heavy atom. The number of rotatable bonds is 3. The first kappa shape index (κ1) is 10.7. The molecule has 0 amide bonds. The minimum absolute atomic E-state index is 0.0525. The summed E-state index contributed by atoms with van der Waals surface area (Å²) in [6.45, 7) is 5.64. The summed E-state index contributed by atoms with van der Waals surface area (Å²) < 4.78 is 24.2. The Kier molecular flexibility index (Phi) is 2.79. The molecule has 1 saturated heterocycles. The molecule has 1 aliphatic heterocycles. The van der Waals surface area contributed by atoms with Crippen LogP contribution in [0.3, 0.4) is 0 Å². The topological polar surface area (TPSA) is 57.6 Å². The molecule has 0 aliphatic carbocycles. The van der Waals surface area contributed by atoms with Crippen molar-refractivity contribution in [3.05, 3.63) is 12.7 Å². The summed E-state index contributed by atoms with van der Waals surface area (Å²) in [6.07, 6.45) is 1.87. The molecule has 0 aromatic carbocycles. The average molecular weight is 205 g/mol. The van der Waals surface area contributed by atoms with Gasteiger partial charge in [0.2, 0.25) is 10.0 Å². The normalized spacial score (nSPS) is 30.6. The first-order chi connectivity index (χ1) is 5.87. The molecule has 0 aromatic rings. The van der Waals surface area contributed by atoms with Crippen LogP contribution in [0.25, 0.3) is 0 Å². The molecule has 76 valence electrons. The fourth-order valence-electron chi connectivity index (χ4n) is 1.40. The highest BCUT2D eigenvalue weighted by Crippen LogP contribution is 2.22. The first-order valence-corrected chi connectivity index (χ1v) is 5.79. The van der Waals surface area contributed by atoms with Crippen LogP contribution < -0.4 is 0 Å². The SMILES string of the molecule is C=CCS(=O)(=O)N1CCC(C)(O)C1. The minimum atomic E-state index is -3.23. The molecule has 0 aromatic heterocycles. The van der Waals surface area contributed by atoms with Crippen molar-refractivity contribution < 1.29 is 13.5 Å². The van der Waals surface area contributed by atoms with Crippen LogP contribution in [-0.4, -0.2) is 42.3 Å². The van der Waals surface area contributed by atoms with Gasteiger partial charge in [-0.3, -0.25) is 0 Å². The summed E-state index contributed by atoms with van der Waals surface area (Å²) in [5.74, 6) is -0.0525. The van der Waals surface area contributed by atoms with Crippen LogP contribution in [0.4, 0.5) is 0 Å². The van der Waals surface area contributed by atoms with E-state index in [9.17, 15) is 13.5 Å². The summed E-state index contributed by atoms with van der Waals surface area (Å²) in [7, 11) is -3.23. The van der Waals surface area contributed by atoms with Gasteiger partial charge in [-0.05, 0) is 13.3 Å². The fraction of sp³-hybridized carbons (Fsp3) is 0.750. The van der Waals surface area contributed by atoms with E-state index in [1.54, 1.807) is 6.92 Å². The third-order valence-corrected chi connectivity index (χ3v) is 3.89. The highest BCUT2D eigenvalue weighted by atomic mass is 32.2. The minimum Gasteiger partial charge on any atom is -0.389 e. The lowest BCUT2D eigenvalue weighted by Crippen LogP contribution is -2.34. The second-order valence-corrected chi connectivity index (χ2v) is 5.66. The van der Waals surface area contributed by atoms with Crippen LogP contribution in [0.2, 0.25) is 0 Å². The van der Waals surface area contributed by atoms with Crippen LogP contribution in [0.5, 0.6) is 0 Å². The molecule has 4 nitrogen and oxygen atoms in total. The van der Waals surface area contributed by atoms with Crippen molar-refractivity contribution in [3.8, 4) is 0 Å². The Bertz CT molecular complexity index is 295. The zero-order valence-electron chi connectivity index (χ0n) is 7.73. The van der Waals surface area contributed by atoms with E-state index >= 15 is 0 Å². The molecular formula is C8H15NO3S. The van der Waals surface area contributed by atoms with Crippen molar-refractivity contribution in [1.82, 2.24) is 4.31 Å². The van der Waals surface area contributed by atoms with E-state index in [1.165, 1.54) is 10.4 Å². The maximum atomic E-state index is 11.5. The van der Waals surface area contributed by atoms with E-state index in [-0.39, 0.29) is 12.3 Å². The van der Waals surface area contributed by atoms with Gasteiger partial charge in [0.15, 0.2) is 0 Å². The number of sulfonamides is 1. The van der Waals surface area contributed by atoms with Crippen LogP contribution in [0.1, 0.15) is 13.3 Å². The van der Waals surface area contributed by atoms with Crippen LogP contribution in [-0.2, 0) is 10.0 Å². The Balaban J connectivity index is 2.71. The average Bonchev–Trinajstić information content (AvgIpc) is 2.30. The predicted octanol–water partition coefficient (Wildman–Crippen LogP) is -0.0411. The molecule has 0 radical (unpaired) electrons. The molecule has 1 fully saturated rings. The monoisotopic (exact) mass is 205 g/mol. The summed E-state index contributed by atoms with van der Waals surface area (Å²) in [4.78, 5) is 0. The Hall–Kier alpha value is -0.390. The maximum Gasteiger partial charge on any atom is 0.217 e. The molecule has 0 spiro atoms. The van der Waals surface area contributed by atoms with E-state index in [1.807, 2.05) is 0 Å². The zero-order valence-corrected chi connectivity index (χ0v) is 8.55. The second kappa shape index (κ2) is 3.40. The van der Waals surface area contributed by atoms with Gasteiger partial charge in [-0.15, -0.1) is 6.58 Å². The Labute approximate surface area is 78.9 Å². The van der Waals surface area contributed by atoms with Gasteiger partial charge in [-0.25, -0.2) is 8.42 Å². The molecule has 1 rings (SSSR count). The van der Waals surface area contributed by atoms with E-state index in [0.717, 1.165) is 0 Å². The van der Waals surface area contributed by atoms with Gasteiger partial charge >= 0.3 is 0 Å². The fourth-order valence-corrected chi connectivity index (χ4v) is 2.75. The molecular weight excluding hydrogens is 190 g/mol. The van der Waals surface area contributed by atoms with E-state index in [0.29, 0.717) is 13.0 Å². The lowest BCUT2D eigenvalue weighted by Gasteiger charge is -2.17. The molecule has 0 bridgehead atoms. The molecule has 1 N–H and O–H groups in total. The van der Waals surface area contributed by atoms with Crippen molar-refractivity contribution in [2.75, 3.05) is 18.8 Å². The molecule has 0 saturated carbocycles. The lowest BCUT2D eigenvalue weighted by molar-refractivity contribution is 0.0763. The van der Waals surface area contributed by atoms with Crippen molar-refractivity contribution >= 4 is 10.0 Å². The van der Waals surface area contributed by atoms with Gasteiger partial charge in [0.25, 0.3) is 0 Å². The third-order valence-electron chi connectivity index (χ3n) is 2.14. The summed E-state index contributed by atoms with van der Waals surface area (Å²) in [5.41, 5.74) is -0.867. The number of nitrogens with zero attached hydrogens (tertiary/aromatic N) is 1. The van der Waals surface area contributed by atoms with Crippen molar-refractivity contribution in [2.24, 2.45) is 0 Å². The number of aliphatic hydroxyl groups is 1. The first-order valence-electron chi connectivity index (χ1n) is 4.18. The molecule has 1 atom stereocenters. The van der Waals surface area contributed by atoms with E-state index < -0.39 is 15.6 Å². The van der Waals surface area contributed by atoms with Gasteiger partial charge in [0.05, 0.1) is 11.4 Å².